The maximum Gasteiger partial charge on any atom is 0.257 e. The lowest BCUT2D eigenvalue weighted by atomic mass is 10.1. The molecule has 0 fully saturated rings. The lowest BCUT2D eigenvalue weighted by Crippen LogP contribution is -2.11. The third-order valence-corrected chi connectivity index (χ3v) is 4.76. The molecule has 0 spiro atoms. The van der Waals surface area contributed by atoms with Gasteiger partial charge in [0.25, 0.3) is 5.91 Å². The van der Waals surface area contributed by atoms with Gasteiger partial charge in [-0.15, -0.1) is 11.3 Å². The first-order valence-corrected chi connectivity index (χ1v) is 7.93. The zero-order valence-corrected chi connectivity index (χ0v) is 13.3. The molecular formula is C15H9BrClNOS. The number of carbonyl (C=O) groups is 1. The standard InChI is InChI=1S/C15H9BrClNOS/c16-12-7-9(17)5-6-13(12)18-15(19)11-8-20-14-4-2-1-3-10(11)14/h1-8H,(H,18,19). The molecule has 3 aromatic rings. The maximum absolute atomic E-state index is 12.4. The molecule has 3 rings (SSSR count). The summed E-state index contributed by atoms with van der Waals surface area (Å²) < 4.78 is 1.87. The van der Waals surface area contributed by atoms with Gasteiger partial charge in [0.1, 0.15) is 0 Å². The summed E-state index contributed by atoms with van der Waals surface area (Å²) in [7, 11) is 0. The first-order valence-electron chi connectivity index (χ1n) is 5.88. The van der Waals surface area contributed by atoms with Crippen molar-refractivity contribution in [1.29, 1.82) is 0 Å². The van der Waals surface area contributed by atoms with E-state index in [1.165, 1.54) is 0 Å². The maximum atomic E-state index is 12.4. The topological polar surface area (TPSA) is 29.1 Å². The Bertz CT molecular complexity index is 799. The normalized spacial score (nSPS) is 10.7. The highest BCUT2D eigenvalue weighted by Gasteiger charge is 2.13. The van der Waals surface area contributed by atoms with Crippen molar-refractivity contribution in [3.8, 4) is 0 Å². The van der Waals surface area contributed by atoms with Crippen LogP contribution in [0.5, 0.6) is 0 Å². The lowest BCUT2D eigenvalue weighted by Gasteiger charge is -2.07. The molecule has 0 atom stereocenters. The van der Waals surface area contributed by atoms with Crippen LogP contribution in [0, 0.1) is 0 Å². The van der Waals surface area contributed by atoms with E-state index in [1.54, 1.807) is 29.5 Å². The quantitative estimate of drug-likeness (QED) is 0.631. The molecule has 0 saturated heterocycles. The van der Waals surface area contributed by atoms with E-state index < -0.39 is 0 Å². The van der Waals surface area contributed by atoms with Crippen LogP contribution < -0.4 is 5.32 Å². The van der Waals surface area contributed by atoms with Crippen LogP contribution >= 0.6 is 38.9 Å². The molecule has 1 aromatic heterocycles. The van der Waals surface area contributed by atoms with E-state index in [2.05, 4.69) is 21.2 Å². The van der Waals surface area contributed by atoms with Gasteiger partial charge in [0.2, 0.25) is 0 Å². The first kappa shape index (κ1) is 13.6. The minimum atomic E-state index is -0.120. The minimum absolute atomic E-state index is 0.120. The van der Waals surface area contributed by atoms with E-state index in [1.807, 2.05) is 29.6 Å². The SMILES string of the molecule is O=C(Nc1ccc(Cl)cc1Br)c1csc2ccccc12. The number of halogens is 2. The molecular weight excluding hydrogens is 358 g/mol. The number of thiophene rings is 1. The molecule has 20 heavy (non-hydrogen) atoms. The Labute approximate surface area is 133 Å². The molecule has 2 aromatic carbocycles. The van der Waals surface area contributed by atoms with E-state index in [0.29, 0.717) is 16.3 Å². The van der Waals surface area contributed by atoms with Crippen LogP contribution in [-0.2, 0) is 0 Å². The molecule has 5 heteroatoms. The summed E-state index contributed by atoms with van der Waals surface area (Å²) in [4.78, 5) is 12.4. The number of amides is 1. The summed E-state index contributed by atoms with van der Waals surface area (Å²) >= 11 is 10.8. The van der Waals surface area contributed by atoms with E-state index >= 15 is 0 Å². The van der Waals surface area contributed by atoms with Crippen LogP contribution in [0.4, 0.5) is 5.69 Å². The van der Waals surface area contributed by atoms with Crippen molar-refractivity contribution in [2.75, 3.05) is 5.32 Å². The van der Waals surface area contributed by atoms with Crippen LogP contribution in [0.2, 0.25) is 5.02 Å². The number of rotatable bonds is 2. The second-order valence-electron chi connectivity index (χ2n) is 4.22. The van der Waals surface area contributed by atoms with Crippen molar-refractivity contribution in [3.63, 3.8) is 0 Å². The summed E-state index contributed by atoms with van der Waals surface area (Å²) in [5, 5.41) is 6.37. The highest BCUT2D eigenvalue weighted by molar-refractivity contribution is 9.10. The summed E-state index contributed by atoms with van der Waals surface area (Å²) in [6.45, 7) is 0. The summed E-state index contributed by atoms with van der Waals surface area (Å²) in [5.74, 6) is -0.120. The van der Waals surface area contributed by atoms with Crippen LogP contribution in [0.25, 0.3) is 10.1 Å². The Balaban J connectivity index is 1.93. The molecule has 0 aliphatic carbocycles. The Hall–Kier alpha value is -1.36. The molecule has 0 aliphatic heterocycles. The van der Waals surface area contributed by atoms with E-state index in [0.717, 1.165) is 14.6 Å². The van der Waals surface area contributed by atoms with Crippen molar-refractivity contribution in [3.05, 3.63) is 62.9 Å². The molecule has 0 aliphatic rings. The fraction of sp³-hybridized carbons (Fsp3) is 0. The van der Waals surface area contributed by atoms with Crippen LogP contribution in [-0.4, -0.2) is 5.91 Å². The van der Waals surface area contributed by atoms with Gasteiger partial charge in [-0.2, -0.15) is 0 Å². The Morgan fingerprint density at radius 2 is 2.00 bits per heavy atom. The average molecular weight is 367 g/mol. The van der Waals surface area contributed by atoms with Crippen molar-refractivity contribution in [2.24, 2.45) is 0 Å². The van der Waals surface area contributed by atoms with Crippen LogP contribution in [0.3, 0.4) is 0 Å². The van der Waals surface area contributed by atoms with Crippen molar-refractivity contribution < 1.29 is 4.79 Å². The van der Waals surface area contributed by atoms with Gasteiger partial charge in [0, 0.05) is 25.0 Å². The lowest BCUT2D eigenvalue weighted by molar-refractivity contribution is 0.102. The van der Waals surface area contributed by atoms with Gasteiger partial charge in [-0.3, -0.25) is 4.79 Å². The van der Waals surface area contributed by atoms with Gasteiger partial charge in [0.15, 0.2) is 0 Å². The van der Waals surface area contributed by atoms with Gasteiger partial charge in [-0.1, -0.05) is 29.8 Å². The fourth-order valence-electron chi connectivity index (χ4n) is 1.93. The number of nitrogens with one attached hydrogen (secondary N) is 1. The number of anilines is 1. The largest absolute Gasteiger partial charge is 0.321 e. The van der Waals surface area contributed by atoms with Gasteiger partial charge in [0.05, 0.1) is 11.3 Å². The summed E-state index contributed by atoms with van der Waals surface area (Å²) in [5.41, 5.74) is 1.39. The molecule has 1 N–H and O–H groups in total. The van der Waals surface area contributed by atoms with Crippen molar-refractivity contribution >= 4 is 60.5 Å². The Kier molecular flexibility index (Phi) is 3.78. The molecule has 1 heterocycles. The zero-order valence-electron chi connectivity index (χ0n) is 10.2. The third kappa shape index (κ3) is 2.59. The predicted molar refractivity (Wildman–Crippen MR) is 88.9 cm³/mol. The Morgan fingerprint density at radius 3 is 2.80 bits per heavy atom. The predicted octanol–water partition coefficient (Wildman–Crippen LogP) is 5.57. The molecule has 0 unspecified atom stereocenters. The summed E-state index contributed by atoms with van der Waals surface area (Å²) in [6.07, 6.45) is 0. The average Bonchev–Trinajstić information content (AvgIpc) is 2.86. The number of benzene rings is 2. The second-order valence-corrected chi connectivity index (χ2v) is 6.43. The first-order chi connectivity index (χ1) is 9.65. The number of carbonyl (C=O) groups excluding carboxylic acids is 1. The van der Waals surface area contributed by atoms with Crippen molar-refractivity contribution in [2.45, 2.75) is 0 Å². The van der Waals surface area contributed by atoms with Gasteiger partial charge >= 0.3 is 0 Å². The molecule has 0 radical (unpaired) electrons. The third-order valence-electron chi connectivity index (χ3n) is 2.90. The fourth-order valence-corrected chi connectivity index (χ4v) is 3.66. The zero-order chi connectivity index (χ0) is 14.1. The van der Waals surface area contributed by atoms with E-state index in [4.69, 9.17) is 11.6 Å². The van der Waals surface area contributed by atoms with Gasteiger partial charge in [-0.05, 0) is 40.2 Å². The number of hydrogen-bond acceptors (Lipinski definition) is 2. The van der Waals surface area contributed by atoms with Crippen LogP contribution in [0.15, 0.2) is 52.3 Å². The Morgan fingerprint density at radius 1 is 1.20 bits per heavy atom. The molecule has 0 bridgehead atoms. The van der Waals surface area contributed by atoms with Crippen LogP contribution in [0.1, 0.15) is 10.4 Å². The second kappa shape index (κ2) is 5.56. The van der Waals surface area contributed by atoms with Crippen molar-refractivity contribution in [1.82, 2.24) is 0 Å². The monoisotopic (exact) mass is 365 g/mol. The highest BCUT2D eigenvalue weighted by Crippen LogP contribution is 2.29. The molecule has 2 nitrogen and oxygen atoms in total. The van der Waals surface area contributed by atoms with Gasteiger partial charge in [-0.25, -0.2) is 0 Å². The number of hydrogen-bond donors (Lipinski definition) is 1. The van der Waals surface area contributed by atoms with Gasteiger partial charge < -0.3 is 5.32 Å². The molecule has 100 valence electrons. The molecule has 1 amide bonds. The van der Waals surface area contributed by atoms with E-state index in [9.17, 15) is 4.79 Å². The molecule has 0 saturated carbocycles. The number of fused-ring (bicyclic) bond motifs is 1. The minimum Gasteiger partial charge on any atom is -0.321 e. The summed E-state index contributed by atoms with van der Waals surface area (Å²) in [6, 6.07) is 13.1. The smallest absolute Gasteiger partial charge is 0.257 e. The van der Waals surface area contributed by atoms with E-state index in [-0.39, 0.29) is 5.91 Å². The highest BCUT2D eigenvalue weighted by atomic mass is 79.9.